The molecular formula is C39H50N2O7. The summed E-state index contributed by atoms with van der Waals surface area (Å²) in [5.74, 6) is 0.789. The van der Waals surface area contributed by atoms with Crippen molar-refractivity contribution in [1.29, 1.82) is 0 Å². The Morgan fingerprint density at radius 3 is 2.29 bits per heavy atom. The summed E-state index contributed by atoms with van der Waals surface area (Å²) in [6.07, 6.45) is 5.79. The molecule has 9 nitrogen and oxygen atoms in total. The van der Waals surface area contributed by atoms with E-state index in [4.69, 9.17) is 18.9 Å². The molecule has 2 amide bonds. The highest BCUT2D eigenvalue weighted by Crippen LogP contribution is 2.56. The van der Waals surface area contributed by atoms with Crippen LogP contribution in [0.25, 0.3) is 0 Å². The van der Waals surface area contributed by atoms with Gasteiger partial charge in [-0.2, -0.15) is 0 Å². The van der Waals surface area contributed by atoms with Crippen LogP contribution in [0.2, 0.25) is 0 Å². The van der Waals surface area contributed by atoms with Gasteiger partial charge in [0.05, 0.1) is 33.5 Å². The first kappa shape index (κ1) is 34.0. The highest BCUT2D eigenvalue weighted by molar-refractivity contribution is 5.93. The highest BCUT2D eigenvalue weighted by atomic mass is 16.5. The van der Waals surface area contributed by atoms with Gasteiger partial charge in [-0.15, -0.1) is 0 Å². The Labute approximate surface area is 284 Å². The summed E-state index contributed by atoms with van der Waals surface area (Å²) in [6, 6.07) is 16.2. The van der Waals surface area contributed by atoms with Gasteiger partial charge < -0.3 is 28.7 Å². The number of fused-ring (bicyclic) bond motifs is 1. The van der Waals surface area contributed by atoms with Crippen molar-refractivity contribution in [3.63, 3.8) is 0 Å². The highest BCUT2D eigenvalue weighted by Gasteiger charge is 2.63. The monoisotopic (exact) mass is 658 g/mol. The van der Waals surface area contributed by atoms with Crippen LogP contribution in [0.4, 0.5) is 0 Å². The van der Waals surface area contributed by atoms with Crippen LogP contribution in [0.5, 0.6) is 11.5 Å². The van der Waals surface area contributed by atoms with E-state index >= 15 is 0 Å². The van der Waals surface area contributed by atoms with Crippen molar-refractivity contribution in [2.75, 3.05) is 41.0 Å². The van der Waals surface area contributed by atoms with E-state index in [0.29, 0.717) is 49.2 Å². The first-order chi connectivity index (χ1) is 23.2. The van der Waals surface area contributed by atoms with Crippen molar-refractivity contribution in [2.24, 2.45) is 23.2 Å². The first-order valence-electron chi connectivity index (χ1n) is 17.5. The molecule has 2 aromatic rings. The zero-order valence-electron chi connectivity index (χ0n) is 29.0. The summed E-state index contributed by atoms with van der Waals surface area (Å²) in [6.45, 7) is 5.84. The Morgan fingerprint density at radius 1 is 0.958 bits per heavy atom. The van der Waals surface area contributed by atoms with E-state index in [1.165, 1.54) is 12.7 Å². The molecular weight excluding hydrogens is 608 g/mol. The number of hydrogen-bond acceptors (Lipinski definition) is 7. The molecule has 0 bridgehead atoms. The first-order valence-corrected chi connectivity index (χ1v) is 17.5. The third-order valence-electron chi connectivity index (χ3n) is 10.9. The molecule has 1 aliphatic carbocycles. The number of rotatable bonds is 11. The molecule has 9 heteroatoms. The summed E-state index contributed by atoms with van der Waals surface area (Å²) in [4.78, 5) is 46.3. The minimum Gasteiger partial charge on any atom is -0.493 e. The number of hydrogen-bond donors (Lipinski definition) is 0. The zero-order chi connectivity index (χ0) is 34.0. The number of amides is 2. The minimum absolute atomic E-state index is 0.0353. The fourth-order valence-corrected chi connectivity index (χ4v) is 8.08. The molecule has 4 atom stereocenters. The maximum absolute atomic E-state index is 14.6. The number of carbonyl (C=O) groups is 3. The molecule has 6 rings (SSSR count). The van der Waals surface area contributed by atoms with Crippen LogP contribution in [0.3, 0.4) is 0 Å². The molecule has 0 N–H and O–H groups in total. The smallest absolute Gasteiger partial charge is 0.320 e. The number of carbonyl (C=O) groups excluding carboxylic acids is 3. The third-order valence-corrected chi connectivity index (χ3v) is 10.9. The fourth-order valence-electron chi connectivity index (χ4n) is 8.08. The predicted octanol–water partition coefficient (Wildman–Crippen LogP) is 5.77. The lowest BCUT2D eigenvalue weighted by Gasteiger charge is -2.53. The maximum Gasteiger partial charge on any atom is 0.320 e. The Balaban J connectivity index is 1.30. The second-order valence-electron chi connectivity index (χ2n) is 14.2. The van der Waals surface area contributed by atoms with Gasteiger partial charge in [-0.05, 0) is 85.6 Å². The number of methoxy groups -OCH3 is 3. The van der Waals surface area contributed by atoms with Gasteiger partial charge in [-0.1, -0.05) is 50.2 Å². The molecule has 0 unspecified atom stereocenters. The number of esters is 1. The van der Waals surface area contributed by atoms with Crippen LogP contribution in [-0.2, 0) is 30.3 Å². The lowest BCUT2D eigenvalue weighted by atomic mass is 9.64. The summed E-state index contributed by atoms with van der Waals surface area (Å²) in [5.41, 5.74) is 1.78. The van der Waals surface area contributed by atoms with E-state index in [2.05, 4.69) is 38.1 Å². The van der Waals surface area contributed by atoms with Crippen LogP contribution in [-0.4, -0.2) is 80.8 Å². The Bertz CT molecular complexity index is 1510. The molecule has 0 spiro atoms. The normalized spacial score (nSPS) is 26.2. The molecule has 2 saturated heterocycles. The number of likely N-dealkylation sites (tertiary alicyclic amines) is 2. The van der Waals surface area contributed by atoms with Crippen molar-refractivity contribution in [3.8, 4) is 11.5 Å². The maximum atomic E-state index is 14.6. The van der Waals surface area contributed by atoms with Gasteiger partial charge >= 0.3 is 5.97 Å². The van der Waals surface area contributed by atoms with Gasteiger partial charge in [-0.25, -0.2) is 0 Å². The molecule has 3 heterocycles. The molecule has 258 valence electrons. The van der Waals surface area contributed by atoms with Gasteiger partial charge in [0.25, 0.3) is 0 Å². The molecule has 48 heavy (non-hydrogen) atoms. The van der Waals surface area contributed by atoms with Gasteiger partial charge in [0.1, 0.15) is 5.41 Å². The summed E-state index contributed by atoms with van der Waals surface area (Å²) < 4.78 is 23.3. The van der Waals surface area contributed by atoms with Crippen molar-refractivity contribution in [2.45, 2.75) is 76.9 Å². The second-order valence-corrected chi connectivity index (χ2v) is 14.2. The average Bonchev–Trinajstić information content (AvgIpc) is 3.96. The predicted molar refractivity (Wildman–Crippen MR) is 181 cm³/mol. The second kappa shape index (κ2) is 14.3. The van der Waals surface area contributed by atoms with E-state index in [9.17, 15) is 14.4 Å². The molecule has 0 radical (unpaired) electrons. The molecule has 3 fully saturated rings. The van der Waals surface area contributed by atoms with E-state index in [1.807, 2.05) is 35.2 Å². The lowest BCUT2D eigenvalue weighted by molar-refractivity contribution is -0.182. The molecule has 2 aromatic carbocycles. The van der Waals surface area contributed by atoms with Gasteiger partial charge in [-0.3, -0.25) is 14.4 Å². The number of benzene rings is 2. The van der Waals surface area contributed by atoms with E-state index < -0.39 is 23.4 Å². The van der Waals surface area contributed by atoms with Crippen molar-refractivity contribution in [3.05, 3.63) is 71.4 Å². The van der Waals surface area contributed by atoms with Gasteiger partial charge in [0, 0.05) is 37.7 Å². The van der Waals surface area contributed by atoms with Crippen LogP contribution in [0, 0.1) is 23.2 Å². The quantitative estimate of drug-likeness (QED) is 0.283. The summed E-state index contributed by atoms with van der Waals surface area (Å²) in [7, 11) is 4.61. The van der Waals surface area contributed by atoms with Crippen LogP contribution in [0.15, 0.2) is 60.3 Å². The standard InChI is InChI=1S/C39H50N2O7/c1-25(2)32-23-34-39(38(44)47-5,36(48-32)29-12-13-29)24-30(22-35(42)40-18-16-28(17-19-40)27-9-7-6-8-10-27)37(43)41(34)20-15-26-11-14-31(45-3)33(21-26)46-4/h6-11,14,21,23,25,28-30,32,36H,12-13,15-20,22,24H2,1-5H3/t30-,32+,36+,39+/m0/s1. The number of piperidine rings is 2. The number of nitrogens with zero attached hydrogens (tertiary/aromatic N) is 2. The molecule has 0 aromatic heterocycles. The Kier molecular flexibility index (Phi) is 10.2. The van der Waals surface area contributed by atoms with Crippen LogP contribution in [0.1, 0.15) is 69.4 Å². The van der Waals surface area contributed by atoms with E-state index in [1.54, 1.807) is 19.1 Å². The largest absolute Gasteiger partial charge is 0.493 e. The van der Waals surface area contributed by atoms with Crippen molar-refractivity contribution >= 4 is 17.8 Å². The van der Waals surface area contributed by atoms with E-state index in [0.717, 1.165) is 31.2 Å². The van der Waals surface area contributed by atoms with Gasteiger partial charge in [0.15, 0.2) is 11.5 Å². The SMILES string of the molecule is COC(=O)[C@]12C[C@H](CC(=O)N3CCC(c4ccccc4)CC3)C(=O)N(CCc3ccc(OC)c(OC)c3)C1=C[C@H](C(C)C)O[C@@H]2C1CC1. The minimum atomic E-state index is -1.17. The van der Waals surface area contributed by atoms with Crippen molar-refractivity contribution in [1.82, 2.24) is 9.80 Å². The molecule has 3 aliphatic heterocycles. The third kappa shape index (κ3) is 6.58. The molecule has 4 aliphatic rings. The van der Waals surface area contributed by atoms with Crippen LogP contribution >= 0.6 is 0 Å². The summed E-state index contributed by atoms with van der Waals surface area (Å²) in [5, 5.41) is 0. The Hall–Kier alpha value is -3.85. The fraction of sp³-hybridized carbons (Fsp3) is 0.564. The Morgan fingerprint density at radius 2 is 1.67 bits per heavy atom. The number of ether oxygens (including phenoxy) is 4. The van der Waals surface area contributed by atoms with Crippen LogP contribution < -0.4 is 9.47 Å². The lowest BCUT2D eigenvalue weighted by Crippen LogP contribution is -2.62. The zero-order valence-corrected chi connectivity index (χ0v) is 29.0. The van der Waals surface area contributed by atoms with E-state index in [-0.39, 0.29) is 42.6 Å². The molecule has 1 saturated carbocycles. The van der Waals surface area contributed by atoms with Crippen molar-refractivity contribution < 1.29 is 33.3 Å². The topological polar surface area (TPSA) is 94.6 Å². The summed E-state index contributed by atoms with van der Waals surface area (Å²) >= 11 is 0. The van der Waals surface area contributed by atoms with Gasteiger partial charge in [0.2, 0.25) is 11.8 Å². The average molecular weight is 659 g/mol.